The molecule has 2 saturated heterocycles. The van der Waals surface area contributed by atoms with E-state index < -0.39 is 29.3 Å². The van der Waals surface area contributed by atoms with Crippen LogP contribution in [0.5, 0.6) is 0 Å². The van der Waals surface area contributed by atoms with Gasteiger partial charge in [0.05, 0.1) is 11.6 Å². The lowest BCUT2D eigenvalue weighted by Crippen LogP contribution is -2.72. The molecule has 4 amide bonds. The van der Waals surface area contributed by atoms with Crippen LogP contribution in [0, 0.1) is 5.41 Å². The molecule has 2 atom stereocenters. The van der Waals surface area contributed by atoms with Crippen LogP contribution in [0.4, 0.5) is 10.6 Å². The summed E-state index contributed by atoms with van der Waals surface area (Å²) in [6, 6.07) is 4.24. The molecule has 2 fully saturated rings. The highest BCUT2D eigenvalue weighted by atomic mass is 16.2. The van der Waals surface area contributed by atoms with Crippen LogP contribution in [-0.2, 0) is 16.0 Å². The predicted octanol–water partition coefficient (Wildman–Crippen LogP) is 1.86. The minimum atomic E-state index is -1.51. The number of carbonyl (C=O) groups excluding carboxylic acids is 3. The number of fused-ring (bicyclic) bond motifs is 5. The quantitative estimate of drug-likeness (QED) is 0.735. The first-order chi connectivity index (χ1) is 15.5. The normalized spacial score (nSPS) is 25.5. The van der Waals surface area contributed by atoms with Gasteiger partial charge in [-0.05, 0) is 31.4 Å². The summed E-state index contributed by atoms with van der Waals surface area (Å²) in [6.45, 7) is 2.85. The number of urea groups is 1. The fourth-order valence-corrected chi connectivity index (χ4v) is 5.45. The number of rotatable bonds is 3. The van der Waals surface area contributed by atoms with Gasteiger partial charge in [-0.15, -0.1) is 0 Å². The first kappa shape index (κ1) is 20.7. The number of barbiturate groups is 1. The maximum atomic E-state index is 13.9. The number of nitrogens with one attached hydrogen (secondary N) is 1. The monoisotopic (exact) mass is 437 g/mol. The molecule has 32 heavy (non-hydrogen) atoms. The Balaban J connectivity index is 1.72. The Morgan fingerprint density at radius 1 is 1.16 bits per heavy atom. The number of aromatic nitrogens is 2. The smallest absolute Gasteiger partial charge is 0.330 e. The zero-order valence-electron chi connectivity index (χ0n) is 18.2. The Morgan fingerprint density at radius 3 is 2.81 bits per heavy atom. The van der Waals surface area contributed by atoms with Crippen molar-refractivity contribution in [3.63, 3.8) is 0 Å². The van der Waals surface area contributed by atoms with Gasteiger partial charge in [0.1, 0.15) is 11.5 Å². The van der Waals surface area contributed by atoms with Gasteiger partial charge in [0.15, 0.2) is 5.41 Å². The van der Waals surface area contributed by atoms with Crippen LogP contribution in [0.25, 0.3) is 5.65 Å². The summed E-state index contributed by atoms with van der Waals surface area (Å²) in [5.41, 5.74) is -0.886. The van der Waals surface area contributed by atoms with Crippen molar-refractivity contribution in [3.8, 4) is 0 Å². The molecule has 0 radical (unpaired) electrons. The SMILES string of the molecule is CCCCN1C(=O)NC(=O)[C@@]2(Cc3c(nc4ccccn4c3=O)N3CCCCC[C@H]32)C1=O. The Labute approximate surface area is 185 Å². The van der Waals surface area contributed by atoms with Crippen molar-refractivity contribution >= 4 is 29.3 Å². The molecule has 5 rings (SSSR count). The van der Waals surface area contributed by atoms with Crippen molar-refractivity contribution in [3.05, 3.63) is 40.3 Å². The van der Waals surface area contributed by atoms with E-state index >= 15 is 0 Å². The van der Waals surface area contributed by atoms with Crippen LogP contribution in [0.3, 0.4) is 0 Å². The topological polar surface area (TPSA) is 104 Å². The molecule has 9 nitrogen and oxygen atoms in total. The van der Waals surface area contributed by atoms with Gasteiger partial charge in [-0.3, -0.25) is 29.0 Å². The number of unbranched alkanes of at least 4 members (excludes halogenated alkanes) is 1. The number of pyridine rings is 1. The molecular weight excluding hydrogens is 410 g/mol. The van der Waals surface area contributed by atoms with Crippen molar-refractivity contribution in [2.45, 2.75) is 57.9 Å². The van der Waals surface area contributed by atoms with Crippen molar-refractivity contribution in [2.24, 2.45) is 5.41 Å². The van der Waals surface area contributed by atoms with E-state index in [-0.39, 0.29) is 18.5 Å². The third kappa shape index (κ3) is 2.87. The molecule has 1 N–H and O–H groups in total. The molecular formula is C23H27N5O4. The van der Waals surface area contributed by atoms with Crippen LogP contribution in [-0.4, -0.2) is 51.3 Å². The number of nitrogens with zero attached hydrogens (tertiary/aromatic N) is 4. The molecule has 0 bridgehead atoms. The molecule has 2 aromatic rings. The van der Waals surface area contributed by atoms with E-state index in [9.17, 15) is 19.2 Å². The lowest BCUT2D eigenvalue weighted by molar-refractivity contribution is -0.153. The van der Waals surface area contributed by atoms with Crippen molar-refractivity contribution in [1.29, 1.82) is 0 Å². The molecule has 9 heteroatoms. The minimum absolute atomic E-state index is 0.0479. The van der Waals surface area contributed by atoms with Crippen molar-refractivity contribution in [1.82, 2.24) is 19.6 Å². The Morgan fingerprint density at radius 2 is 2.00 bits per heavy atom. The summed E-state index contributed by atoms with van der Waals surface area (Å²) in [5, 5.41) is 2.44. The van der Waals surface area contributed by atoms with Crippen LogP contribution in [0.2, 0.25) is 0 Å². The van der Waals surface area contributed by atoms with Gasteiger partial charge in [0.2, 0.25) is 11.8 Å². The Hall–Kier alpha value is -3.23. The highest BCUT2D eigenvalue weighted by Gasteiger charge is 2.62. The van der Waals surface area contributed by atoms with E-state index in [1.54, 1.807) is 18.3 Å². The number of anilines is 1. The third-order valence-corrected chi connectivity index (χ3v) is 7.09. The van der Waals surface area contributed by atoms with E-state index in [2.05, 4.69) is 5.32 Å². The Kier molecular flexibility index (Phi) is 4.98. The zero-order valence-corrected chi connectivity index (χ0v) is 18.2. The molecule has 2 aromatic heterocycles. The first-order valence-corrected chi connectivity index (χ1v) is 11.4. The first-order valence-electron chi connectivity index (χ1n) is 11.4. The molecule has 0 aromatic carbocycles. The van der Waals surface area contributed by atoms with E-state index in [1.165, 1.54) is 9.30 Å². The highest BCUT2D eigenvalue weighted by Crippen LogP contribution is 2.45. The number of hydrogen-bond acceptors (Lipinski definition) is 6. The van der Waals surface area contributed by atoms with Gasteiger partial charge >= 0.3 is 6.03 Å². The number of hydrogen-bond donors (Lipinski definition) is 1. The van der Waals surface area contributed by atoms with Gasteiger partial charge in [-0.2, -0.15) is 0 Å². The lowest BCUT2D eigenvalue weighted by atomic mass is 9.68. The zero-order chi connectivity index (χ0) is 22.5. The standard InChI is InChI=1S/C23H27N5O4/c1-2-3-11-28-21(31)23(20(30)25-22(28)32)14-15-18(26-12-7-4-5-9-16(23)26)24-17-10-6-8-13-27(17)19(15)29/h6,8,10,13,16H,2-5,7,9,11-12,14H2,1H3,(H,25,30,32)/t16-,23-/m0/s1. The molecule has 0 unspecified atom stereocenters. The lowest BCUT2D eigenvalue weighted by Gasteiger charge is -2.50. The second kappa shape index (κ2) is 7.72. The van der Waals surface area contributed by atoms with Gasteiger partial charge in [0, 0.05) is 25.7 Å². The number of carbonyl (C=O) groups is 3. The second-order valence-electron chi connectivity index (χ2n) is 8.92. The third-order valence-electron chi connectivity index (χ3n) is 7.09. The van der Waals surface area contributed by atoms with Crippen LogP contribution in [0.1, 0.15) is 51.0 Å². The second-order valence-corrected chi connectivity index (χ2v) is 8.92. The van der Waals surface area contributed by atoms with E-state index in [1.807, 2.05) is 17.9 Å². The van der Waals surface area contributed by atoms with Gasteiger partial charge in [0.25, 0.3) is 5.56 Å². The summed E-state index contributed by atoms with van der Waals surface area (Å²) < 4.78 is 1.45. The van der Waals surface area contributed by atoms with Crippen molar-refractivity contribution < 1.29 is 14.4 Å². The van der Waals surface area contributed by atoms with E-state index in [4.69, 9.17) is 4.98 Å². The summed E-state index contributed by atoms with van der Waals surface area (Å²) in [5.74, 6) is -0.517. The fourth-order valence-electron chi connectivity index (χ4n) is 5.45. The molecule has 168 valence electrons. The average Bonchev–Trinajstić information content (AvgIpc) is 3.05. The number of imide groups is 2. The summed E-state index contributed by atoms with van der Waals surface area (Å²) in [4.78, 5) is 61.2. The van der Waals surface area contributed by atoms with Gasteiger partial charge in [-0.1, -0.05) is 32.3 Å². The van der Waals surface area contributed by atoms with Crippen LogP contribution < -0.4 is 15.8 Å². The largest absolute Gasteiger partial charge is 0.352 e. The summed E-state index contributed by atoms with van der Waals surface area (Å²) in [6.07, 6.45) is 6.42. The van der Waals surface area contributed by atoms with E-state index in [0.717, 1.165) is 25.7 Å². The molecule has 5 heterocycles. The predicted molar refractivity (Wildman–Crippen MR) is 117 cm³/mol. The maximum absolute atomic E-state index is 13.9. The maximum Gasteiger partial charge on any atom is 0.330 e. The van der Waals surface area contributed by atoms with E-state index in [0.29, 0.717) is 36.4 Å². The molecule has 3 aliphatic rings. The van der Waals surface area contributed by atoms with Crippen molar-refractivity contribution in [2.75, 3.05) is 18.0 Å². The molecule has 3 aliphatic heterocycles. The molecule has 0 saturated carbocycles. The van der Waals surface area contributed by atoms with Crippen LogP contribution in [0.15, 0.2) is 29.2 Å². The summed E-state index contributed by atoms with van der Waals surface area (Å²) >= 11 is 0. The summed E-state index contributed by atoms with van der Waals surface area (Å²) in [7, 11) is 0. The highest BCUT2D eigenvalue weighted by molar-refractivity contribution is 6.20. The average molecular weight is 438 g/mol. The fraction of sp³-hybridized carbons (Fsp3) is 0.522. The minimum Gasteiger partial charge on any atom is -0.352 e. The molecule has 1 spiro atoms. The Bertz CT molecular complexity index is 1170. The molecule has 0 aliphatic carbocycles. The van der Waals surface area contributed by atoms with Gasteiger partial charge < -0.3 is 4.90 Å². The number of amides is 4. The van der Waals surface area contributed by atoms with Crippen LogP contribution >= 0.6 is 0 Å². The van der Waals surface area contributed by atoms with Gasteiger partial charge in [-0.25, -0.2) is 9.78 Å².